The van der Waals surface area contributed by atoms with Crippen molar-refractivity contribution in [2.45, 2.75) is 62.7 Å². The minimum atomic E-state index is -0.577. The Hall–Kier alpha value is -0.654. The second-order valence-electron chi connectivity index (χ2n) is 10.3. The van der Waals surface area contributed by atoms with Gasteiger partial charge in [0, 0.05) is 0 Å². The molecule has 6 heteroatoms. The first-order valence-electron chi connectivity index (χ1n) is 14.1. The molecule has 0 amide bonds. The number of halogens is 2. The van der Waals surface area contributed by atoms with Gasteiger partial charge in [-0.2, -0.15) is 0 Å². The second kappa shape index (κ2) is 22.8. The Morgan fingerprint density at radius 2 is 0.619 bits per heavy atom. The van der Waals surface area contributed by atoms with Crippen molar-refractivity contribution < 1.29 is 30.0 Å². The van der Waals surface area contributed by atoms with Crippen LogP contribution in [-0.2, 0) is 30.0 Å². The summed E-state index contributed by atoms with van der Waals surface area (Å²) in [6.45, 7) is 0. The molecule has 2 saturated carbocycles. The Kier molecular flexibility index (Phi) is 21.4. The first kappa shape index (κ1) is 39.4. The summed E-state index contributed by atoms with van der Waals surface area (Å²) in [5, 5.41) is 6.34. The van der Waals surface area contributed by atoms with Crippen molar-refractivity contribution in [1.82, 2.24) is 0 Å². The predicted molar refractivity (Wildman–Crippen MR) is 190 cm³/mol. The van der Waals surface area contributed by atoms with Gasteiger partial charge in [-0.25, -0.2) is 0 Å². The fraction of sp³-hybridized carbons (Fsp3) is 0.278. The van der Waals surface area contributed by atoms with E-state index in [-0.39, 0.29) is 31.9 Å². The summed E-state index contributed by atoms with van der Waals surface area (Å²) in [7, 11) is 8.31. The molecule has 0 saturated heterocycles. The van der Waals surface area contributed by atoms with Crippen molar-refractivity contribution in [2.75, 3.05) is 0 Å². The molecule has 4 aromatic rings. The molecule has 0 aliphatic heterocycles. The molecule has 0 bridgehead atoms. The molecule has 0 unspecified atom stereocenters. The van der Waals surface area contributed by atoms with E-state index in [0.29, 0.717) is 12.9 Å². The van der Waals surface area contributed by atoms with Gasteiger partial charge < -0.3 is 14.9 Å². The van der Waals surface area contributed by atoms with Crippen LogP contribution in [0.5, 0.6) is 0 Å². The zero-order valence-electron chi connectivity index (χ0n) is 24.8. The van der Waals surface area contributed by atoms with Gasteiger partial charge in [-0.05, 0) is 99.9 Å². The van der Waals surface area contributed by atoms with Crippen LogP contribution in [0.3, 0.4) is 0 Å². The third-order valence-electron chi connectivity index (χ3n) is 7.87. The molecule has 6 rings (SSSR count). The molecule has 2 fully saturated rings. The van der Waals surface area contributed by atoms with Crippen LogP contribution in [0, 0.1) is 14.9 Å². The molecular weight excluding hydrogens is 680 g/mol. The van der Waals surface area contributed by atoms with E-state index >= 15 is 0 Å². The number of hydrogen-bond acceptors (Lipinski definition) is 0. The summed E-state index contributed by atoms with van der Waals surface area (Å²) in [4.78, 5) is 0. The molecule has 0 N–H and O–H groups in total. The summed E-state index contributed by atoms with van der Waals surface area (Å²) < 4.78 is 0. The minimum Gasteiger partial charge on any atom is -0.0620 e. The maximum atomic E-state index is 4.73. The minimum absolute atomic E-state index is 0. The van der Waals surface area contributed by atoms with Crippen molar-refractivity contribution in [3.05, 3.63) is 136 Å². The van der Waals surface area contributed by atoms with Crippen LogP contribution in [-0.4, -0.2) is 11.3 Å². The maximum Gasteiger partial charge on any atom is 2.00 e. The monoisotopic (exact) mass is 725 g/mol. The van der Waals surface area contributed by atoms with Crippen LogP contribution < -0.4 is 21.2 Å². The number of hydrogen-bond donors (Lipinski definition) is 0. The van der Waals surface area contributed by atoms with Gasteiger partial charge in [0.1, 0.15) is 0 Å². The molecule has 42 heavy (non-hydrogen) atoms. The van der Waals surface area contributed by atoms with Crippen molar-refractivity contribution in [3.63, 3.8) is 0 Å². The van der Waals surface area contributed by atoms with E-state index in [1.54, 1.807) is 21.2 Å². The number of rotatable bonds is 6. The molecule has 0 nitrogen and oxygen atoms in total. The van der Waals surface area contributed by atoms with Crippen LogP contribution in [0.4, 0.5) is 0 Å². The Morgan fingerprint density at radius 3 is 0.810 bits per heavy atom. The molecule has 0 heterocycles. The van der Waals surface area contributed by atoms with Crippen LogP contribution in [0.1, 0.15) is 51.4 Å². The fourth-order valence-corrected chi connectivity index (χ4v) is 12.9. The normalized spacial score (nSPS) is 14.5. The Balaban J connectivity index is 0.000000361. The summed E-state index contributed by atoms with van der Waals surface area (Å²) in [6, 6.07) is 44.7. The van der Waals surface area contributed by atoms with Crippen LogP contribution in [0.15, 0.2) is 121 Å². The zero-order chi connectivity index (χ0) is 27.1. The standard InChI is InChI=1S/2C17H19P.2CH3.2ClH.Co.Fe/c2*1-3-9-15(10-4-1)18(17-13-7-8-14-17)16-11-5-2-6-12-16;;;;;;/h2*1-6,9-12,17H,7-8,13-14H2;2*1H3;2*1H;;/q;;2*-1;;;2*+2. The van der Waals surface area contributed by atoms with Crippen molar-refractivity contribution in [3.8, 4) is 0 Å². The van der Waals surface area contributed by atoms with E-state index in [1.165, 1.54) is 51.4 Å². The van der Waals surface area contributed by atoms with Crippen molar-refractivity contribution in [2.24, 2.45) is 0 Å². The largest absolute Gasteiger partial charge is 2.00 e. The van der Waals surface area contributed by atoms with E-state index in [9.17, 15) is 0 Å². The Morgan fingerprint density at radius 1 is 0.429 bits per heavy atom. The van der Waals surface area contributed by atoms with Gasteiger partial charge in [0.05, 0.1) is 48.4 Å². The van der Waals surface area contributed by atoms with E-state index in [2.05, 4.69) is 121 Å². The van der Waals surface area contributed by atoms with E-state index in [0.717, 1.165) is 11.3 Å². The first-order valence-corrected chi connectivity index (χ1v) is 20.1. The molecule has 0 aromatic heterocycles. The van der Waals surface area contributed by atoms with E-state index in [4.69, 9.17) is 20.3 Å². The average molecular weight is 726 g/mol. The molecular formula is C36H46Cl2CoFeP2+2. The van der Waals surface area contributed by atoms with E-state index in [1.807, 2.05) is 0 Å². The number of benzene rings is 4. The summed E-state index contributed by atoms with van der Waals surface area (Å²) >= 11 is 0.382. The molecule has 0 atom stereocenters. The zero-order valence-corrected chi connectivity index (χ0v) is 30.5. The van der Waals surface area contributed by atoms with Gasteiger partial charge in [0.25, 0.3) is 0 Å². The smallest absolute Gasteiger partial charge is 0.0620 e. The van der Waals surface area contributed by atoms with Crippen molar-refractivity contribution in [1.29, 1.82) is 0 Å². The van der Waals surface area contributed by atoms with Gasteiger partial charge in [0.2, 0.25) is 0 Å². The molecule has 0 radical (unpaired) electrons. The summed E-state index contributed by atoms with van der Waals surface area (Å²) in [5.41, 5.74) is 1.86. The average Bonchev–Trinajstić information content (AvgIpc) is 3.72. The topological polar surface area (TPSA) is 0 Å². The van der Waals surface area contributed by atoms with E-state index < -0.39 is 15.8 Å². The summed E-state index contributed by atoms with van der Waals surface area (Å²) in [5.74, 6) is 0. The molecule has 229 valence electrons. The second-order valence-corrected chi connectivity index (χ2v) is 17.6. The Bertz CT molecular complexity index is 1000. The molecule has 2 aliphatic carbocycles. The van der Waals surface area contributed by atoms with Gasteiger partial charge in [-0.15, -0.1) is 0 Å². The predicted octanol–water partition coefficient (Wildman–Crippen LogP) is 9.86. The third kappa shape index (κ3) is 12.0. The van der Waals surface area contributed by atoms with Crippen LogP contribution >= 0.6 is 36.1 Å². The van der Waals surface area contributed by atoms with Crippen molar-refractivity contribution >= 4 is 57.4 Å². The molecule has 0 spiro atoms. The van der Waals surface area contributed by atoms with Gasteiger partial charge >= 0.3 is 50.3 Å². The fourth-order valence-electron chi connectivity index (χ4n) is 6.18. The molecule has 4 aromatic carbocycles. The van der Waals surface area contributed by atoms with Gasteiger partial charge in [-0.3, -0.25) is 0 Å². The van der Waals surface area contributed by atoms with Gasteiger partial charge in [0.15, 0.2) is 0 Å². The van der Waals surface area contributed by atoms with Gasteiger partial charge in [-0.1, -0.05) is 72.8 Å². The quantitative estimate of drug-likeness (QED) is 0.106. The maximum absolute atomic E-state index is 4.73. The van der Waals surface area contributed by atoms with Crippen LogP contribution in [0.2, 0.25) is 0 Å². The summed E-state index contributed by atoms with van der Waals surface area (Å²) in [6.07, 6.45) is 11.4. The van der Waals surface area contributed by atoms with Crippen LogP contribution in [0.25, 0.3) is 0 Å². The first-order chi connectivity index (χ1) is 19.3. The third-order valence-corrected chi connectivity index (χ3v) is 14.5. The Labute approximate surface area is 284 Å². The molecule has 2 aliphatic rings. The SMILES string of the molecule is [CH3-].[CH3-].[Cl][Co][Cl].[Fe+2].c1ccc([PH+](c2ccccc2)C2CCCC2)cc1.c1ccc([PH+](c2ccccc2)C2CCCC2)cc1.